The molecule has 0 spiro atoms. The lowest BCUT2D eigenvalue weighted by Gasteiger charge is -2.36. The van der Waals surface area contributed by atoms with Gasteiger partial charge in [-0.2, -0.15) is 0 Å². The van der Waals surface area contributed by atoms with Crippen molar-refractivity contribution in [1.82, 2.24) is 4.90 Å². The zero-order valence-corrected chi connectivity index (χ0v) is 13.3. The molecule has 2 atom stereocenters. The van der Waals surface area contributed by atoms with Crippen LogP contribution < -0.4 is 5.73 Å². The van der Waals surface area contributed by atoms with Crippen molar-refractivity contribution >= 4 is 0 Å². The first-order valence-electron chi connectivity index (χ1n) is 8.25. The lowest BCUT2D eigenvalue weighted by atomic mass is 9.94. The fourth-order valence-electron chi connectivity index (χ4n) is 3.06. The van der Waals surface area contributed by atoms with Gasteiger partial charge in [0.15, 0.2) is 0 Å². The molecule has 0 bridgehead atoms. The Kier molecular flexibility index (Phi) is 5.62. The van der Waals surface area contributed by atoms with Crippen molar-refractivity contribution in [2.45, 2.75) is 71.0 Å². The van der Waals surface area contributed by atoms with E-state index in [1.807, 2.05) is 0 Å². The van der Waals surface area contributed by atoms with Gasteiger partial charge in [-0.1, -0.05) is 50.1 Å². The molecule has 2 heteroatoms. The van der Waals surface area contributed by atoms with E-state index in [4.69, 9.17) is 5.73 Å². The van der Waals surface area contributed by atoms with Crippen molar-refractivity contribution in [1.29, 1.82) is 0 Å². The van der Waals surface area contributed by atoms with E-state index < -0.39 is 0 Å². The van der Waals surface area contributed by atoms with Crippen LogP contribution in [0.15, 0.2) is 24.3 Å². The fourth-order valence-corrected chi connectivity index (χ4v) is 3.06. The summed E-state index contributed by atoms with van der Waals surface area (Å²) in [7, 11) is 0. The molecule has 2 nitrogen and oxygen atoms in total. The average Bonchev–Trinajstić information content (AvgIpc) is 3.27. The molecule has 1 saturated carbocycles. The number of nitrogens with zero attached hydrogens (tertiary/aromatic N) is 1. The Morgan fingerprint density at radius 1 is 1.30 bits per heavy atom. The molecule has 2 rings (SSSR count). The largest absolute Gasteiger partial charge is 0.326 e. The quantitative estimate of drug-likeness (QED) is 0.775. The van der Waals surface area contributed by atoms with Gasteiger partial charge < -0.3 is 5.73 Å². The van der Waals surface area contributed by atoms with E-state index in [2.05, 4.69) is 49.9 Å². The van der Waals surface area contributed by atoms with E-state index in [9.17, 15) is 0 Å². The molecule has 0 amide bonds. The van der Waals surface area contributed by atoms with Gasteiger partial charge in [0, 0.05) is 12.1 Å². The van der Waals surface area contributed by atoms with Crippen LogP contribution in [0.4, 0.5) is 0 Å². The smallest absolute Gasteiger partial charge is 0.0502 e. The summed E-state index contributed by atoms with van der Waals surface area (Å²) < 4.78 is 0. The third-order valence-electron chi connectivity index (χ3n) is 4.40. The first-order chi connectivity index (χ1) is 9.67. The van der Waals surface area contributed by atoms with Crippen LogP contribution >= 0.6 is 0 Å². The molecule has 2 N–H and O–H groups in total. The number of hydrogen-bond donors (Lipinski definition) is 1. The first kappa shape index (κ1) is 15.5. The normalized spacial score (nSPS) is 18.2. The van der Waals surface area contributed by atoms with Gasteiger partial charge >= 0.3 is 0 Å². The Balaban J connectivity index is 2.25. The van der Waals surface area contributed by atoms with Crippen LogP contribution in [0.1, 0.15) is 63.1 Å². The molecule has 1 aromatic carbocycles. The topological polar surface area (TPSA) is 29.3 Å². The summed E-state index contributed by atoms with van der Waals surface area (Å²) in [4.78, 5) is 2.69. The van der Waals surface area contributed by atoms with Crippen molar-refractivity contribution in [2.75, 3.05) is 6.54 Å². The molecule has 1 aliphatic carbocycles. The molecule has 0 aliphatic heterocycles. The lowest BCUT2D eigenvalue weighted by Crippen LogP contribution is -2.42. The summed E-state index contributed by atoms with van der Waals surface area (Å²) in [5.74, 6) is 0. The van der Waals surface area contributed by atoms with Crippen molar-refractivity contribution in [3.05, 3.63) is 35.4 Å². The Morgan fingerprint density at radius 2 is 2.05 bits per heavy atom. The lowest BCUT2D eigenvalue weighted by molar-refractivity contribution is 0.157. The molecule has 2 unspecified atom stereocenters. The number of aryl methyl sites for hydroxylation is 1. The van der Waals surface area contributed by atoms with E-state index in [1.165, 1.54) is 43.4 Å². The van der Waals surface area contributed by atoms with Gasteiger partial charge in [0.25, 0.3) is 0 Å². The summed E-state index contributed by atoms with van der Waals surface area (Å²) in [5, 5.41) is 0. The maximum atomic E-state index is 6.50. The van der Waals surface area contributed by atoms with Crippen molar-refractivity contribution in [3.8, 4) is 0 Å². The third kappa shape index (κ3) is 3.83. The molecule has 0 saturated heterocycles. The molecular formula is C18H30N2. The second-order valence-corrected chi connectivity index (χ2v) is 6.25. The minimum Gasteiger partial charge on any atom is -0.326 e. The van der Waals surface area contributed by atoms with Gasteiger partial charge in [0.2, 0.25) is 0 Å². The molecule has 0 heterocycles. The second kappa shape index (κ2) is 7.24. The van der Waals surface area contributed by atoms with Gasteiger partial charge in [-0.15, -0.1) is 0 Å². The van der Waals surface area contributed by atoms with Crippen LogP contribution in [0.3, 0.4) is 0 Å². The highest BCUT2D eigenvalue weighted by Gasteiger charge is 2.36. The highest BCUT2D eigenvalue weighted by atomic mass is 15.2. The van der Waals surface area contributed by atoms with Crippen LogP contribution in [0.25, 0.3) is 0 Å². The maximum Gasteiger partial charge on any atom is 0.0502 e. The number of rotatable bonds is 8. The zero-order chi connectivity index (χ0) is 14.5. The van der Waals surface area contributed by atoms with Gasteiger partial charge in [-0.3, -0.25) is 4.90 Å². The Morgan fingerprint density at radius 3 is 2.60 bits per heavy atom. The van der Waals surface area contributed by atoms with Gasteiger partial charge in [-0.05, 0) is 44.7 Å². The molecule has 1 aliphatic rings. The van der Waals surface area contributed by atoms with E-state index in [0.717, 1.165) is 12.5 Å². The van der Waals surface area contributed by atoms with E-state index >= 15 is 0 Å². The van der Waals surface area contributed by atoms with Crippen LogP contribution in [-0.4, -0.2) is 23.5 Å². The van der Waals surface area contributed by atoms with E-state index in [0.29, 0.717) is 6.04 Å². The average molecular weight is 274 g/mol. The minimum absolute atomic E-state index is 0.231. The van der Waals surface area contributed by atoms with Crippen LogP contribution in [0, 0.1) is 6.92 Å². The molecule has 20 heavy (non-hydrogen) atoms. The third-order valence-corrected chi connectivity index (χ3v) is 4.40. The van der Waals surface area contributed by atoms with E-state index in [1.54, 1.807) is 0 Å². The standard InChI is InChI=1S/C18H30N2/c1-4-6-12-20(16-10-11-16)18(17(19)5-2)15-9-7-8-14(3)13-15/h7-9,13,16-18H,4-6,10-12,19H2,1-3H3. The van der Waals surface area contributed by atoms with Gasteiger partial charge in [-0.25, -0.2) is 0 Å². The Labute approximate surface area is 124 Å². The minimum atomic E-state index is 0.231. The predicted octanol–water partition coefficient (Wildman–Crippen LogP) is 4.04. The fraction of sp³-hybridized carbons (Fsp3) is 0.667. The SMILES string of the molecule is CCCCN(C1CC1)C(c1cccc(C)c1)C(N)CC. The predicted molar refractivity (Wildman–Crippen MR) is 86.8 cm³/mol. The van der Waals surface area contributed by atoms with Crippen LogP contribution in [0.2, 0.25) is 0 Å². The highest BCUT2D eigenvalue weighted by Crippen LogP contribution is 2.36. The summed E-state index contributed by atoms with van der Waals surface area (Å²) in [6, 6.07) is 10.3. The molecule has 1 aromatic rings. The van der Waals surface area contributed by atoms with Crippen molar-refractivity contribution in [3.63, 3.8) is 0 Å². The first-order valence-corrected chi connectivity index (χ1v) is 8.25. The molecule has 0 aromatic heterocycles. The second-order valence-electron chi connectivity index (χ2n) is 6.25. The van der Waals surface area contributed by atoms with E-state index in [-0.39, 0.29) is 6.04 Å². The monoisotopic (exact) mass is 274 g/mol. The molecular weight excluding hydrogens is 244 g/mol. The Bertz CT molecular complexity index is 412. The summed E-state index contributed by atoms with van der Waals surface area (Å²) in [6.07, 6.45) is 6.26. The Hall–Kier alpha value is -0.860. The molecule has 0 radical (unpaired) electrons. The number of benzene rings is 1. The van der Waals surface area contributed by atoms with Crippen LogP contribution in [0.5, 0.6) is 0 Å². The summed E-state index contributed by atoms with van der Waals surface area (Å²) >= 11 is 0. The number of unbranched alkanes of at least 4 members (excludes halogenated alkanes) is 1. The van der Waals surface area contributed by atoms with Crippen molar-refractivity contribution in [2.24, 2.45) is 5.73 Å². The summed E-state index contributed by atoms with van der Waals surface area (Å²) in [6.45, 7) is 7.84. The van der Waals surface area contributed by atoms with Crippen molar-refractivity contribution < 1.29 is 0 Å². The summed E-state index contributed by atoms with van der Waals surface area (Å²) in [5.41, 5.74) is 9.24. The number of hydrogen-bond acceptors (Lipinski definition) is 2. The zero-order valence-electron chi connectivity index (χ0n) is 13.3. The van der Waals surface area contributed by atoms with Crippen LogP contribution in [-0.2, 0) is 0 Å². The molecule has 112 valence electrons. The highest BCUT2D eigenvalue weighted by molar-refractivity contribution is 5.27. The maximum absolute atomic E-state index is 6.50. The van der Waals surface area contributed by atoms with Gasteiger partial charge in [0.1, 0.15) is 0 Å². The number of nitrogens with two attached hydrogens (primary N) is 1. The molecule has 1 fully saturated rings. The van der Waals surface area contributed by atoms with Gasteiger partial charge in [0.05, 0.1) is 6.04 Å².